The fraction of sp³-hybridized carbons (Fsp3) is 0.417. The predicted molar refractivity (Wildman–Crippen MR) is 72.9 cm³/mol. The molecule has 9 heteroatoms. The highest BCUT2D eigenvalue weighted by Crippen LogP contribution is 2.41. The van der Waals surface area contributed by atoms with E-state index in [1.54, 1.807) is 14.1 Å². The first kappa shape index (κ1) is 16.5. The number of hydrogen-bond donors (Lipinski definition) is 0. The van der Waals surface area contributed by atoms with Crippen LogP contribution in [0.25, 0.3) is 0 Å². The summed E-state index contributed by atoms with van der Waals surface area (Å²) in [5.41, 5.74) is -1.91. The van der Waals surface area contributed by atoms with Crippen LogP contribution in [0.3, 0.4) is 0 Å². The number of aromatic carboxylic acids is 1. The molecule has 0 aliphatic rings. The monoisotopic (exact) mass is 297 g/mol. The van der Waals surface area contributed by atoms with E-state index in [2.05, 4.69) is 0 Å². The molecule has 1 aromatic rings. The summed E-state index contributed by atoms with van der Waals surface area (Å²) in [5.74, 6) is -1.70. The molecule has 0 amide bonds. The third-order valence-corrected chi connectivity index (χ3v) is 3.09. The van der Waals surface area contributed by atoms with Crippen molar-refractivity contribution in [2.75, 3.05) is 20.6 Å². The van der Waals surface area contributed by atoms with Gasteiger partial charge in [-0.25, -0.2) is 0 Å². The molecule has 0 radical (unpaired) electrons. The van der Waals surface area contributed by atoms with Gasteiger partial charge >= 0.3 is 11.4 Å². The van der Waals surface area contributed by atoms with E-state index < -0.39 is 32.8 Å². The van der Waals surface area contributed by atoms with Crippen molar-refractivity contribution < 1.29 is 19.7 Å². The molecule has 0 fully saturated rings. The van der Waals surface area contributed by atoms with Crippen molar-refractivity contribution in [3.05, 3.63) is 37.9 Å². The quantitative estimate of drug-likeness (QED) is 0.435. The summed E-state index contributed by atoms with van der Waals surface area (Å²) in [7, 11) is 3.19. The van der Waals surface area contributed by atoms with Gasteiger partial charge < -0.3 is 9.90 Å². The van der Waals surface area contributed by atoms with Crippen LogP contribution in [-0.2, 0) is 0 Å². The van der Waals surface area contributed by atoms with Gasteiger partial charge in [-0.05, 0) is 6.42 Å². The number of quaternary nitrogens is 1. The van der Waals surface area contributed by atoms with E-state index in [0.717, 1.165) is 12.1 Å². The molecule has 1 aromatic carbocycles. The number of nitro groups is 2. The van der Waals surface area contributed by atoms with Gasteiger partial charge in [0.05, 0.1) is 36.5 Å². The summed E-state index contributed by atoms with van der Waals surface area (Å²) >= 11 is 0. The summed E-state index contributed by atoms with van der Waals surface area (Å²) in [4.78, 5) is 31.6. The standard InChI is InChI=1S/C12H15N3O6/c1-4-5-15(2,3)11-9(13(18)19)6-8(12(16)17)7-10(11)14(20)21/h6-7H,4-5H2,1-3H3. The molecule has 0 atom stereocenters. The number of carboxylic acids is 1. The van der Waals surface area contributed by atoms with Crippen molar-refractivity contribution in [2.45, 2.75) is 13.3 Å². The van der Waals surface area contributed by atoms with Crippen molar-refractivity contribution in [1.29, 1.82) is 0 Å². The van der Waals surface area contributed by atoms with Crippen LogP contribution in [0.15, 0.2) is 12.1 Å². The van der Waals surface area contributed by atoms with Crippen LogP contribution in [0.4, 0.5) is 17.1 Å². The Morgan fingerprint density at radius 3 is 1.86 bits per heavy atom. The Hall–Kier alpha value is -2.55. The first-order valence-corrected chi connectivity index (χ1v) is 6.13. The third kappa shape index (κ3) is 3.31. The minimum absolute atomic E-state index is 0.101. The Bertz CT molecular complexity index is 576. The molecule has 0 saturated carbocycles. The van der Waals surface area contributed by atoms with Gasteiger partial charge in [0.1, 0.15) is 0 Å². The number of carbonyl (C=O) groups is 1. The van der Waals surface area contributed by atoms with Crippen LogP contribution in [0.1, 0.15) is 23.7 Å². The number of carbonyl (C=O) groups excluding carboxylic acids is 1. The Kier molecular flexibility index (Phi) is 4.58. The highest BCUT2D eigenvalue weighted by atomic mass is 16.6. The van der Waals surface area contributed by atoms with Gasteiger partial charge in [-0.3, -0.25) is 24.7 Å². The molecule has 0 unspecified atom stereocenters. The Morgan fingerprint density at radius 1 is 1.14 bits per heavy atom. The van der Waals surface area contributed by atoms with Crippen LogP contribution in [0.2, 0.25) is 0 Å². The summed E-state index contributed by atoms with van der Waals surface area (Å²) < 4.78 is -0.101. The van der Waals surface area contributed by atoms with Crippen molar-refractivity contribution >= 4 is 23.0 Å². The molecule has 0 aliphatic carbocycles. The molecule has 0 saturated heterocycles. The predicted octanol–water partition coefficient (Wildman–Crippen LogP) is 0.843. The Labute approximate surface area is 120 Å². The lowest BCUT2D eigenvalue weighted by Gasteiger charge is -2.28. The van der Waals surface area contributed by atoms with E-state index in [9.17, 15) is 30.1 Å². The number of hydrogen-bond acceptors (Lipinski definition) is 6. The lowest BCUT2D eigenvalue weighted by molar-refractivity contribution is -0.394. The first-order valence-electron chi connectivity index (χ1n) is 6.13. The maximum absolute atomic E-state index is 11.2. The SMILES string of the molecule is CCC[N+](C)(C)c1c([N+](=O)[O-])cc(C(=O)[O-])cc1[N+](=O)[O-]. The molecular formula is C12H15N3O6. The summed E-state index contributed by atoms with van der Waals surface area (Å²) in [5, 5.41) is 33.2. The Morgan fingerprint density at radius 2 is 1.57 bits per heavy atom. The molecule has 0 heterocycles. The molecule has 0 spiro atoms. The average molecular weight is 297 g/mol. The van der Waals surface area contributed by atoms with Crippen LogP contribution < -0.4 is 9.59 Å². The third-order valence-electron chi connectivity index (χ3n) is 3.09. The van der Waals surface area contributed by atoms with Crippen molar-refractivity contribution in [1.82, 2.24) is 4.48 Å². The highest BCUT2D eigenvalue weighted by molar-refractivity contribution is 5.91. The van der Waals surface area contributed by atoms with Crippen molar-refractivity contribution in [3.8, 4) is 0 Å². The topological polar surface area (TPSA) is 126 Å². The normalized spacial score (nSPS) is 11.2. The van der Waals surface area contributed by atoms with E-state index in [0.29, 0.717) is 13.0 Å². The molecule has 0 N–H and O–H groups in total. The molecule has 21 heavy (non-hydrogen) atoms. The summed E-state index contributed by atoms with van der Waals surface area (Å²) in [6.07, 6.45) is 0.642. The second kappa shape index (κ2) is 5.83. The van der Waals surface area contributed by atoms with Gasteiger partial charge in [-0.1, -0.05) is 6.92 Å². The highest BCUT2D eigenvalue weighted by Gasteiger charge is 2.39. The van der Waals surface area contributed by atoms with E-state index in [-0.39, 0.29) is 10.2 Å². The minimum Gasteiger partial charge on any atom is -0.545 e. The second-order valence-corrected chi connectivity index (χ2v) is 5.07. The van der Waals surface area contributed by atoms with Crippen molar-refractivity contribution in [3.63, 3.8) is 0 Å². The van der Waals surface area contributed by atoms with Crippen molar-refractivity contribution in [2.24, 2.45) is 0 Å². The zero-order chi connectivity index (χ0) is 16.4. The minimum atomic E-state index is -1.70. The van der Waals surface area contributed by atoms with Crippen LogP contribution in [0.5, 0.6) is 0 Å². The fourth-order valence-electron chi connectivity index (χ4n) is 2.29. The largest absolute Gasteiger partial charge is 0.545 e. The molecule has 0 aromatic heterocycles. The number of rotatable bonds is 6. The number of nitrogens with zero attached hydrogens (tertiary/aromatic N) is 3. The van der Waals surface area contributed by atoms with E-state index in [1.807, 2.05) is 6.92 Å². The van der Waals surface area contributed by atoms with Gasteiger partial charge in [0.25, 0.3) is 5.69 Å². The lowest BCUT2D eigenvalue weighted by atomic mass is 10.1. The molecule has 114 valence electrons. The number of nitro benzene ring substituents is 2. The van der Waals surface area contributed by atoms with Gasteiger partial charge in [-0.15, -0.1) is 0 Å². The van der Waals surface area contributed by atoms with Gasteiger partial charge in [-0.2, -0.15) is 0 Å². The molecular weight excluding hydrogens is 282 g/mol. The van der Waals surface area contributed by atoms with Gasteiger partial charge in [0.2, 0.25) is 0 Å². The Balaban J connectivity index is 3.77. The molecule has 0 bridgehead atoms. The van der Waals surface area contributed by atoms with E-state index in [4.69, 9.17) is 0 Å². The molecule has 0 aliphatic heterocycles. The zero-order valence-corrected chi connectivity index (χ0v) is 11.9. The van der Waals surface area contributed by atoms with Gasteiger partial charge in [0.15, 0.2) is 0 Å². The lowest BCUT2D eigenvalue weighted by Crippen LogP contribution is -2.42. The summed E-state index contributed by atoms with van der Waals surface area (Å²) in [6, 6.07) is 1.60. The average Bonchev–Trinajstić information content (AvgIpc) is 2.36. The van der Waals surface area contributed by atoms with Crippen LogP contribution >= 0.6 is 0 Å². The second-order valence-electron chi connectivity index (χ2n) is 5.07. The van der Waals surface area contributed by atoms with E-state index in [1.165, 1.54) is 0 Å². The zero-order valence-electron chi connectivity index (χ0n) is 11.9. The van der Waals surface area contributed by atoms with Crippen LogP contribution in [-0.4, -0.2) is 36.5 Å². The first-order chi connectivity index (χ1) is 9.61. The smallest absolute Gasteiger partial charge is 0.337 e. The number of carboxylic acid groups (broad SMARTS) is 1. The maximum Gasteiger partial charge on any atom is 0.337 e. The maximum atomic E-state index is 11.2. The number of benzene rings is 1. The van der Waals surface area contributed by atoms with Gasteiger partial charge in [0, 0.05) is 17.7 Å². The fourth-order valence-corrected chi connectivity index (χ4v) is 2.29. The van der Waals surface area contributed by atoms with Crippen LogP contribution in [0, 0.1) is 20.2 Å². The summed E-state index contributed by atoms with van der Waals surface area (Å²) in [6.45, 7) is 2.26. The molecule has 9 nitrogen and oxygen atoms in total. The molecule has 1 rings (SSSR count). The van der Waals surface area contributed by atoms with E-state index >= 15 is 0 Å².